The Morgan fingerprint density at radius 2 is 1.91 bits per heavy atom. The summed E-state index contributed by atoms with van der Waals surface area (Å²) >= 11 is 0. The second-order valence-corrected chi connectivity index (χ2v) is 8.39. The first-order valence-electron chi connectivity index (χ1n) is 10.9. The van der Waals surface area contributed by atoms with Crippen molar-refractivity contribution in [1.29, 1.82) is 0 Å². The van der Waals surface area contributed by atoms with E-state index in [-0.39, 0.29) is 24.3 Å². The Morgan fingerprint density at radius 3 is 2.62 bits per heavy atom. The Hall–Kier alpha value is -2.97. The normalized spacial score (nSPS) is 16.3. The first-order valence-corrected chi connectivity index (χ1v) is 10.9. The molecule has 1 aliphatic carbocycles. The number of alkyl halides is 3. The van der Waals surface area contributed by atoms with Crippen molar-refractivity contribution in [3.05, 3.63) is 53.2 Å². The number of carbonyl (C=O) groups excluding carboxylic acids is 1. The molecular formula is C23H26F3N5O. The number of hydrogen-bond donors (Lipinski definition) is 1. The quantitative estimate of drug-likeness (QED) is 0.595. The number of hydrogen-bond acceptors (Lipinski definition) is 4. The third-order valence-corrected chi connectivity index (χ3v) is 6.06. The van der Waals surface area contributed by atoms with Crippen molar-refractivity contribution < 1.29 is 18.0 Å². The molecule has 2 heterocycles. The van der Waals surface area contributed by atoms with Gasteiger partial charge < -0.3 is 5.32 Å². The Labute approximate surface area is 184 Å². The molecule has 1 unspecified atom stereocenters. The van der Waals surface area contributed by atoms with Crippen molar-refractivity contribution in [1.82, 2.24) is 25.1 Å². The zero-order valence-corrected chi connectivity index (χ0v) is 18.1. The molecule has 1 amide bonds. The van der Waals surface area contributed by atoms with E-state index in [9.17, 15) is 18.0 Å². The molecule has 6 nitrogen and oxygen atoms in total. The number of amides is 1. The number of aryl methyl sites for hydroxylation is 1. The summed E-state index contributed by atoms with van der Waals surface area (Å²) in [5.41, 5.74) is 2.50. The number of halogens is 3. The zero-order valence-electron chi connectivity index (χ0n) is 18.1. The van der Waals surface area contributed by atoms with Crippen LogP contribution in [0, 0.1) is 6.92 Å². The lowest BCUT2D eigenvalue weighted by molar-refractivity contribution is -0.145. The van der Waals surface area contributed by atoms with E-state index in [1.807, 2.05) is 37.3 Å². The molecular weight excluding hydrogens is 419 g/mol. The molecule has 1 N–H and O–H groups in total. The van der Waals surface area contributed by atoms with Gasteiger partial charge in [-0.25, -0.2) is 9.67 Å². The summed E-state index contributed by atoms with van der Waals surface area (Å²) in [6.07, 6.45) is -0.131. The Balaban J connectivity index is 1.54. The minimum atomic E-state index is -4.62. The van der Waals surface area contributed by atoms with Crippen LogP contribution >= 0.6 is 0 Å². The molecule has 2 aromatic heterocycles. The van der Waals surface area contributed by atoms with Gasteiger partial charge in [0, 0.05) is 11.1 Å². The summed E-state index contributed by atoms with van der Waals surface area (Å²) < 4.78 is 41.1. The second kappa shape index (κ2) is 8.88. The molecule has 0 saturated heterocycles. The summed E-state index contributed by atoms with van der Waals surface area (Å²) in [4.78, 5) is 21.1. The molecule has 0 aliphatic heterocycles. The lowest BCUT2D eigenvalue weighted by Gasteiger charge is -2.23. The summed E-state index contributed by atoms with van der Waals surface area (Å²) in [6.45, 7) is 3.57. The molecule has 0 radical (unpaired) electrons. The molecule has 4 rings (SSSR count). The second-order valence-electron chi connectivity index (χ2n) is 8.39. The smallest absolute Gasteiger partial charge is 0.348 e. The standard InChI is InChI=1S/C23H26F3N5O/c1-14-11-12-18-17(9-6-10-19(18)28-14)15(2)21(32)27-13-20-29-22(23(24,25)26)30-31(20)16-7-4-3-5-8-16/h6,9-12,15-16H,3-5,7-8,13H2,1-2H3,(H,27,32). The molecule has 0 bridgehead atoms. The van der Waals surface area contributed by atoms with Crippen LogP contribution in [0.4, 0.5) is 13.2 Å². The maximum Gasteiger partial charge on any atom is 0.453 e. The number of pyridine rings is 1. The largest absolute Gasteiger partial charge is 0.453 e. The van der Waals surface area contributed by atoms with Crippen molar-refractivity contribution in [3.8, 4) is 0 Å². The van der Waals surface area contributed by atoms with Crippen LogP contribution in [0.3, 0.4) is 0 Å². The molecule has 0 spiro atoms. The van der Waals surface area contributed by atoms with Crippen molar-refractivity contribution in [2.24, 2.45) is 0 Å². The summed E-state index contributed by atoms with van der Waals surface area (Å²) in [6, 6.07) is 9.32. The third kappa shape index (κ3) is 4.61. The predicted molar refractivity (Wildman–Crippen MR) is 114 cm³/mol. The molecule has 32 heavy (non-hydrogen) atoms. The van der Waals surface area contributed by atoms with Gasteiger partial charge >= 0.3 is 6.18 Å². The van der Waals surface area contributed by atoms with Crippen LogP contribution in [-0.2, 0) is 17.5 Å². The molecule has 1 atom stereocenters. The average molecular weight is 445 g/mol. The van der Waals surface area contributed by atoms with Gasteiger partial charge in [-0.2, -0.15) is 13.2 Å². The van der Waals surface area contributed by atoms with Crippen LogP contribution in [0.25, 0.3) is 10.9 Å². The van der Waals surface area contributed by atoms with Gasteiger partial charge in [0.15, 0.2) is 0 Å². The number of nitrogens with zero attached hydrogens (tertiary/aromatic N) is 4. The van der Waals surface area contributed by atoms with E-state index in [2.05, 4.69) is 20.4 Å². The first kappa shape index (κ1) is 22.2. The van der Waals surface area contributed by atoms with E-state index < -0.39 is 17.9 Å². The fraction of sp³-hybridized carbons (Fsp3) is 0.478. The zero-order chi connectivity index (χ0) is 22.9. The van der Waals surface area contributed by atoms with Crippen molar-refractivity contribution >= 4 is 16.8 Å². The van der Waals surface area contributed by atoms with Gasteiger partial charge in [-0.1, -0.05) is 37.5 Å². The van der Waals surface area contributed by atoms with Gasteiger partial charge in [-0.3, -0.25) is 9.78 Å². The summed E-state index contributed by atoms with van der Waals surface area (Å²) in [5.74, 6) is -1.81. The van der Waals surface area contributed by atoms with E-state index in [1.165, 1.54) is 4.68 Å². The maximum absolute atomic E-state index is 13.2. The summed E-state index contributed by atoms with van der Waals surface area (Å²) in [5, 5.41) is 7.40. The number of nitrogens with one attached hydrogen (secondary N) is 1. The van der Waals surface area contributed by atoms with Gasteiger partial charge in [0.2, 0.25) is 5.91 Å². The van der Waals surface area contributed by atoms with E-state index in [0.717, 1.165) is 54.3 Å². The minimum Gasteiger partial charge on any atom is -0.348 e. The highest BCUT2D eigenvalue weighted by Gasteiger charge is 2.38. The van der Waals surface area contributed by atoms with Gasteiger partial charge in [0.05, 0.1) is 24.0 Å². The predicted octanol–water partition coefficient (Wildman–Crippen LogP) is 5.08. The van der Waals surface area contributed by atoms with Gasteiger partial charge in [0.1, 0.15) is 5.82 Å². The summed E-state index contributed by atoms with van der Waals surface area (Å²) in [7, 11) is 0. The maximum atomic E-state index is 13.2. The number of carbonyl (C=O) groups is 1. The van der Waals surface area contributed by atoms with Crippen LogP contribution in [0.5, 0.6) is 0 Å². The van der Waals surface area contributed by atoms with Gasteiger partial charge in [-0.15, -0.1) is 5.10 Å². The van der Waals surface area contributed by atoms with E-state index in [1.54, 1.807) is 6.92 Å². The minimum absolute atomic E-state index is 0.106. The average Bonchev–Trinajstić information content (AvgIpc) is 3.22. The molecule has 1 saturated carbocycles. The number of rotatable bonds is 5. The fourth-order valence-electron chi connectivity index (χ4n) is 4.33. The fourth-order valence-corrected chi connectivity index (χ4v) is 4.33. The lowest BCUT2D eigenvalue weighted by Crippen LogP contribution is -2.30. The number of aromatic nitrogens is 4. The Morgan fingerprint density at radius 1 is 1.16 bits per heavy atom. The number of fused-ring (bicyclic) bond motifs is 1. The number of benzene rings is 1. The highest BCUT2D eigenvalue weighted by Crippen LogP contribution is 2.32. The van der Waals surface area contributed by atoms with Crippen LogP contribution in [0.2, 0.25) is 0 Å². The van der Waals surface area contributed by atoms with Crippen molar-refractivity contribution in [2.45, 2.75) is 70.6 Å². The van der Waals surface area contributed by atoms with Gasteiger partial charge in [-0.05, 0) is 44.4 Å². The van der Waals surface area contributed by atoms with Gasteiger partial charge in [0.25, 0.3) is 5.82 Å². The van der Waals surface area contributed by atoms with Crippen LogP contribution in [0.1, 0.15) is 73.9 Å². The van der Waals surface area contributed by atoms with Crippen LogP contribution in [0.15, 0.2) is 30.3 Å². The van der Waals surface area contributed by atoms with E-state index >= 15 is 0 Å². The molecule has 1 fully saturated rings. The first-order chi connectivity index (χ1) is 15.2. The molecule has 170 valence electrons. The topological polar surface area (TPSA) is 72.7 Å². The highest BCUT2D eigenvalue weighted by atomic mass is 19.4. The van der Waals surface area contributed by atoms with E-state index in [0.29, 0.717) is 0 Å². The van der Waals surface area contributed by atoms with E-state index in [4.69, 9.17) is 0 Å². The lowest BCUT2D eigenvalue weighted by atomic mass is 9.95. The van der Waals surface area contributed by atoms with Crippen LogP contribution < -0.4 is 5.32 Å². The Kier molecular flexibility index (Phi) is 6.17. The SMILES string of the molecule is Cc1ccc2c(C(C)C(=O)NCc3nc(C(F)(F)F)nn3C3CCCCC3)cccc2n1. The highest BCUT2D eigenvalue weighted by molar-refractivity contribution is 5.91. The molecule has 1 aromatic carbocycles. The third-order valence-electron chi connectivity index (χ3n) is 6.06. The van der Waals surface area contributed by atoms with Crippen LogP contribution in [-0.4, -0.2) is 25.7 Å². The van der Waals surface area contributed by atoms with Crippen molar-refractivity contribution in [2.75, 3.05) is 0 Å². The van der Waals surface area contributed by atoms with Crippen molar-refractivity contribution in [3.63, 3.8) is 0 Å². The monoisotopic (exact) mass is 445 g/mol. The molecule has 9 heteroatoms. The molecule has 1 aliphatic rings. The molecule has 3 aromatic rings. The Bertz CT molecular complexity index is 1120.